The Bertz CT molecular complexity index is 991. The largest absolute Gasteiger partial charge is 0.379 e. The molecule has 0 spiro atoms. The third-order valence-electron chi connectivity index (χ3n) is 4.66. The summed E-state index contributed by atoms with van der Waals surface area (Å²) < 4.78 is 32.2. The first kappa shape index (κ1) is 21.6. The zero-order valence-electron chi connectivity index (χ0n) is 16.3. The number of hydrogen-bond donors (Lipinski definition) is 2. The minimum Gasteiger partial charge on any atom is -0.379 e. The lowest BCUT2D eigenvalue weighted by Crippen LogP contribution is -2.40. The van der Waals surface area contributed by atoms with E-state index >= 15 is 0 Å². The molecule has 0 bridgehead atoms. The van der Waals surface area contributed by atoms with Gasteiger partial charge in [0.2, 0.25) is 15.9 Å². The van der Waals surface area contributed by atoms with Crippen molar-refractivity contribution in [2.75, 3.05) is 36.9 Å². The lowest BCUT2D eigenvalue weighted by molar-refractivity contribution is -0.116. The van der Waals surface area contributed by atoms with Crippen LogP contribution in [0.2, 0.25) is 5.02 Å². The van der Waals surface area contributed by atoms with Crippen LogP contribution in [0, 0.1) is 6.92 Å². The van der Waals surface area contributed by atoms with Gasteiger partial charge >= 0.3 is 0 Å². The van der Waals surface area contributed by atoms with E-state index in [0.29, 0.717) is 37.0 Å². The van der Waals surface area contributed by atoms with E-state index in [-0.39, 0.29) is 10.8 Å². The highest BCUT2D eigenvalue weighted by Crippen LogP contribution is 2.22. The van der Waals surface area contributed by atoms with E-state index in [1.807, 2.05) is 19.1 Å². The average molecular weight is 438 g/mol. The number of rotatable bonds is 6. The summed E-state index contributed by atoms with van der Waals surface area (Å²) in [6.07, 6.45) is 0. The zero-order valence-corrected chi connectivity index (χ0v) is 17.9. The quantitative estimate of drug-likeness (QED) is 0.725. The topological polar surface area (TPSA) is 87.7 Å². The van der Waals surface area contributed by atoms with Gasteiger partial charge in [-0.25, -0.2) is 8.42 Å². The van der Waals surface area contributed by atoms with Gasteiger partial charge in [-0.05, 0) is 49.7 Å². The van der Waals surface area contributed by atoms with Gasteiger partial charge in [-0.15, -0.1) is 0 Å². The maximum atomic E-state index is 12.8. The highest BCUT2D eigenvalue weighted by Gasteiger charge is 2.26. The maximum absolute atomic E-state index is 12.8. The van der Waals surface area contributed by atoms with Crippen molar-refractivity contribution in [3.8, 4) is 0 Å². The van der Waals surface area contributed by atoms with Crippen LogP contribution in [0.3, 0.4) is 0 Å². The number of halogens is 1. The number of benzene rings is 2. The third kappa shape index (κ3) is 5.27. The van der Waals surface area contributed by atoms with Crippen LogP contribution >= 0.6 is 11.6 Å². The van der Waals surface area contributed by atoms with Crippen molar-refractivity contribution in [3.63, 3.8) is 0 Å². The Labute approximate surface area is 176 Å². The van der Waals surface area contributed by atoms with Crippen molar-refractivity contribution in [1.29, 1.82) is 0 Å². The molecular weight excluding hydrogens is 414 g/mol. The standard InChI is InChI=1S/C20H24ClN3O4S/c1-14-6-7-17(13-19(14)21)22-15(2)20(25)23-16-4-3-5-18(12-16)29(26,27)24-8-10-28-11-9-24/h3-7,12-13,15,22H,8-11H2,1-2H3,(H,23,25)/t15-/m1/s1. The van der Waals surface area contributed by atoms with Crippen molar-refractivity contribution in [3.05, 3.63) is 53.1 Å². The number of nitrogens with zero attached hydrogens (tertiary/aromatic N) is 1. The summed E-state index contributed by atoms with van der Waals surface area (Å²) in [5.74, 6) is -0.289. The smallest absolute Gasteiger partial charge is 0.246 e. The number of ether oxygens (including phenoxy) is 1. The number of aryl methyl sites for hydroxylation is 1. The first-order valence-corrected chi connectivity index (χ1v) is 11.1. The first-order valence-electron chi connectivity index (χ1n) is 9.29. The van der Waals surface area contributed by atoms with E-state index in [1.54, 1.807) is 25.1 Å². The molecule has 1 heterocycles. The number of morpholine rings is 1. The normalized spacial score (nSPS) is 16.2. The second-order valence-electron chi connectivity index (χ2n) is 6.86. The molecule has 0 unspecified atom stereocenters. The Morgan fingerprint density at radius 3 is 2.55 bits per heavy atom. The summed E-state index contributed by atoms with van der Waals surface area (Å²) in [5.41, 5.74) is 2.10. The van der Waals surface area contributed by atoms with Crippen molar-refractivity contribution in [1.82, 2.24) is 4.31 Å². The predicted octanol–water partition coefficient (Wildman–Crippen LogP) is 3.11. The lowest BCUT2D eigenvalue weighted by Gasteiger charge is -2.26. The van der Waals surface area contributed by atoms with Crippen LogP contribution in [0.1, 0.15) is 12.5 Å². The predicted molar refractivity (Wildman–Crippen MR) is 114 cm³/mol. The summed E-state index contributed by atoms with van der Waals surface area (Å²) in [7, 11) is -3.63. The number of sulfonamides is 1. The Morgan fingerprint density at radius 2 is 1.86 bits per heavy atom. The van der Waals surface area contributed by atoms with Gasteiger partial charge in [0.1, 0.15) is 6.04 Å². The van der Waals surface area contributed by atoms with Crippen LogP contribution in [0.25, 0.3) is 0 Å². The Balaban J connectivity index is 1.68. The van der Waals surface area contributed by atoms with Crippen molar-refractivity contribution < 1.29 is 17.9 Å². The van der Waals surface area contributed by atoms with E-state index < -0.39 is 16.1 Å². The zero-order chi connectivity index (χ0) is 21.0. The molecule has 7 nitrogen and oxygen atoms in total. The summed E-state index contributed by atoms with van der Waals surface area (Å²) >= 11 is 6.12. The first-order chi connectivity index (χ1) is 13.8. The molecule has 1 aliphatic rings. The molecule has 9 heteroatoms. The molecule has 1 atom stereocenters. The highest BCUT2D eigenvalue weighted by molar-refractivity contribution is 7.89. The van der Waals surface area contributed by atoms with Crippen LogP contribution in [0.15, 0.2) is 47.4 Å². The molecule has 0 radical (unpaired) electrons. The molecule has 1 aliphatic heterocycles. The van der Waals surface area contributed by atoms with Gasteiger partial charge in [0.15, 0.2) is 0 Å². The number of nitrogens with one attached hydrogen (secondary N) is 2. The van der Waals surface area contributed by atoms with Gasteiger partial charge in [0.05, 0.1) is 18.1 Å². The molecule has 1 fully saturated rings. The summed E-state index contributed by atoms with van der Waals surface area (Å²) in [4.78, 5) is 12.7. The van der Waals surface area contributed by atoms with Gasteiger partial charge in [-0.3, -0.25) is 4.79 Å². The summed E-state index contributed by atoms with van der Waals surface area (Å²) in [6, 6.07) is 11.2. The van der Waals surface area contributed by atoms with Gasteiger partial charge in [0, 0.05) is 29.5 Å². The molecule has 156 valence electrons. The van der Waals surface area contributed by atoms with E-state index in [2.05, 4.69) is 10.6 Å². The van der Waals surface area contributed by atoms with E-state index in [4.69, 9.17) is 16.3 Å². The molecular formula is C20H24ClN3O4S. The van der Waals surface area contributed by atoms with Crippen molar-refractivity contribution in [2.45, 2.75) is 24.8 Å². The molecule has 0 aliphatic carbocycles. The minimum atomic E-state index is -3.63. The van der Waals surface area contributed by atoms with Gasteiger partial charge in [-0.2, -0.15) is 4.31 Å². The van der Waals surface area contributed by atoms with Crippen molar-refractivity contribution in [2.24, 2.45) is 0 Å². The summed E-state index contributed by atoms with van der Waals surface area (Å²) in [5, 5.41) is 6.47. The fourth-order valence-electron chi connectivity index (χ4n) is 2.92. The maximum Gasteiger partial charge on any atom is 0.246 e. The SMILES string of the molecule is Cc1ccc(N[C@H](C)C(=O)Nc2cccc(S(=O)(=O)N3CCOCC3)c2)cc1Cl. The highest BCUT2D eigenvalue weighted by atomic mass is 35.5. The average Bonchev–Trinajstić information content (AvgIpc) is 2.71. The Hall–Kier alpha value is -2.13. The molecule has 2 aromatic rings. The van der Waals surface area contributed by atoms with Gasteiger partial charge in [-0.1, -0.05) is 23.7 Å². The molecule has 1 amide bonds. The number of carbonyl (C=O) groups excluding carboxylic acids is 1. The molecule has 3 rings (SSSR count). The number of hydrogen-bond acceptors (Lipinski definition) is 5. The van der Waals surface area contributed by atoms with Crippen LogP contribution in [0.5, 0.6) is 0 Å². The second-order valence-corrected chi connectivity index (χ2v) is 9.21. The van der Waals surface area contributed by atoms with Crippen molar-refractivity contribution >= 4 is 38.9 Å². The number of anilines is 2. The molecule has 1 saturated heterocycles. The van der Waals surface area contributed by atoms with Crippen LogP contribution in [0.4, 0.5) is 11.4 Å². The number of amides is 1. The van der Waals surface area contributed by atoms with Gasteiger partial charge < -0.3 is 15.4 Å². The monoisotopic (exact) mass is 437 g/mol. The molecule has 2 aromatic carbocycles. The van der Waals surface area contributed by atoms with Crippen LogP contribution < -0.4 is 10.6 Å². The fraction of sp³-hybridized carbons (Fsp3) is 0.350. The van der Waals surface area contributed by atoms with E-state index in [0.717, 1.165) is 11.3 Å². The Morgan fingerprint density at radius 1 is 1.14 bits per heavy atom. The van der Waals surface area contributed by atoms with Crippen LogP contribution in [-0.4, -0.2) is 51.0 Å². The number of carbonyl (C=O) groups is 1. The molecule has 29 heavy (non-hydrogen) atoms. The molecule has 0 aromatic heterocycles. The van der Waals surface area contributed by atoms with E-state index in [9.17, 15) is 13.2 Å². The lowest BCUT2D eigenvalue weighted by atomic mass is 10.2. The Kier molecular flexibility index (Phi) is 6.79. The molecule has 0 saturated carbocycles. The van der Waals surface area contributed by atoms with Gasteiger partial charge in [0.25, 0.3) is 0 Å². The van der Waals surface area contributed by atoms with Crippen LogP contribution in [-0.2, 0) is 19.6 Å². The summed E-state index contributed by atoms with van der Waals surface area (Å²) in [6.45, 7) is 5.01. The fourth-order valence-corrected chi connectivity index (χ4v) is 4.55. The third-order valence-corrected chi connectivity index (χ3v) is 6.96. The molecule has 2 N–H and O–H groups in total. The second kappa shape index (κ2) is 9.13. The van der Waals surface area contributed by atoms with E-state index in [1.165, 1.54) is 16.4 Å². The minimum absolute atomic E-state index is 0.142.